The van der Waals surface area contributed by atoms with Crippen LogP contribution in [0.4, 0.5) is 8.78 Å². The summed E-state index contributed by atoms with van der Waals surface area (Å²) in [6, 6.07) is 1.96. The summed E-state index contributed by atoms with van der Waals surface area (Å²) in [4.78, 5) is 14.9. The van der Waals surface area contributed by atoms with Crippen molar-refractivity contribution in [1.82, 2.24) is 15.0 Å². The molecule has 2 aromatic rings. The number of carbonyl (C=O) groups is 1. The summed E-state index contributed by atoms with van der Waals surface area (Å²) in [6.45, 7) is -0.0991. The average molecular weight is 226 g/mol. The highest BCUT2D eigenvalue weighted by Crippen LogP contribution is 2.17. The minimum atomic E-state index is -0.984. The van der Waals surface area contributed by atoms with Crippen LogP contribution in [0.3, 0.4) is 0 Å². The summed E-state index contributed by atoms with van der Waals surface area (Å²) in [7, 11) is 0. The van der Waals surface area contributed by atoms with Crippen LogP contribution in [0, 0.1) is 11.6 Å². The number of halogens is 2. The number of nitrogens with one attached hydrogen (secondary N) is 1. The van der Waals surface area contributed by atoms with Crippen molar-refractivity contribution in [3.05, 3.63) is 30.1 Å². The molecule has 5 nitrogen and oxygen atoms in total. The van der Waals surface area contributed by atoms with Gasteiger partial charge in [-0.3, -0.25) is 10.2 Å². The zero-order chi connectivity index (χ0) is 11.7. The molecule has 0 saturated heterocycles. The maximum absolute atomic E-state index is 13.0. The quantitative estimate of drug-likeness (QED) is 0.439. The van der Waals surface area contributed by atoms with Gasteiger partial charge in [0.05, 0.1) is 17.4 Å². The maximum atomic E-state index is 13.0. The van der Waals surface area contributed by atoms with E-state index in [-0.39, 0.29) is 12.1 Å². The Bertz CT molecular complexity index is 552. The Morgan fingerprint density at radius 1 is 1.44 bits per heavy atom. The smallest absolute Gasteiger partial charge is 0.253 e. The number of imidazole rings is 1. The average Bonchev–Trinajstić information content (AvgIpc) is 2.62. The summed E-state index contributed by atoms with van der Waals surface area (Å²) in [5.74, 6) is 2.51. The van der Waals surface area contributed by atoms with Crippen molar-refractivity contribution in [2.75, 3.05) is 0 Å². The van der Waals surface area contributed by atoms with Crippen LogP contribution >= 0.6 is 0 Å². The van der Waals surface area contributed by atoms with E-state index in [4.69, 9.17) is 5.84 Å². The maximum Gasteiger partial charge on any atom is 0.253 e. The summed E-state index contributed by atoms with van der Waals surface area (Å²) in [5, 5.41) is 0. The molecule has 0 spiro atoms. The van der Waals surface area contributed by atoms with Crippen molar-refractivity contribution in [1.29, 1.82) is 0 Å². The number of nitrogens with two attached hydrogens (primary N) is 1. The van der Waals surface area contributed by atoms with Gasteiger partial charge in [0, 0.05) is 12.1 Å². The highest BCUT2D eigenvalue weighted by atomic mass is 19.2. The van der Waals surface area contributed by atoms with Gasteiger partial charge in [-0.1, -0.05) is 0 Å². The molecule has 0 aliphatic carbocycles. The second kappa shape index (κ2) is 3.86. The standard InChI is InChI=1S/C9H8F2N4O/c10-5-1-7-8(2-6(5)11)15(4-13-7)3-9(16)14-12/h1-2,4H,3,12H2,(H,14,16). The minimum Gasteiger partial charge on any atom is -0.321 e. The highest BCUT2D eigenvalue weighted by molar-refractivity contribution is 5.80. The van der Waals surface area contributed by atoms with Gasteiger partial charge < -0.3 is 4.57 Å². The number of benzene rings is 1. The van der Waals surface area contributed by atoms with Crippen molar-refractivity contribution < 1.29 is 13.6 Å². The van der Waals surface area contributed by atoms with E-state index in [0.717, 1.165) is 12.1 Å². The number of fused-ring (bicyclic) bond motifs is 1. The fraction of sp³-hybridized carbons (Fsp3) is 0.111. The highest BCUT2D eigenvalue weighted by Gasteiger charge is 2.10. The molecule has 0 atom stereocenters. The van der Waals surface area contributed by atoms with Crippen LogP contribution in [0.2, 0.25) is 0 Å². The lowest BCUT2D eigenvalue weighted by Gasteiger charge is -2.02. The Kier molecular flexibility index (Phi) is 2.53. The molecule has 0 aliphatic rings. The zero-order valence-corrected chi connectivity index (χ0v) is 8.08. The predicted octanol–water partition coefficient (Wildman–Crippen LogP) is 0.304. The van der Waals surface area contributed by atoms with Crippen molar-refractivity contribution in [2.24, 2.45) is 5.84 Å². The largest absolute Gasteiger partial charge is 0.321 e. The van der Waals surface area contributed by atoms with E-state index in [2.05, 4.69) is 4.98 Å². The van der Waals surface area contributed by atoms with E-state index >= 15 is 0 Å². The second-order valence-electron chi connectivity index (χ2n) is 3.20. The Labute approximate surface area is 88.8 Å². The summed E-state index contributed by atoms with van der Waals surface area (Å²) >= 11 is 0. The normalized spacial score (nSPS) is 10.7. The van der Waals surface area contributed by atoms with E-state index in [1.165, 1.54) is 10.9 Å². The molecule has 1 aromatic carbocycles. The summed E-state index contributed by atoms with van der Waals surface area (Å²) in [5.41, 5.74) is 2.56. The molecule has 0 aliphatic heterocycles. The molecule has 0 saturated carbocycles. The monoisotopic (exact) mass is 226 g/mol. The van der Waals surface area contributed by atoms with Crippen molar-refractivity contribution >= 4 is 16.9 Å². The van der Waals surface area contributed by atoms with E-state index in [9.17, 15) is 13.6 Å². The lowest BCUT2D eigenvalue weighted by Crippen LogP contribution is -2.33. The molecular formula is C9H8F2N4O. The molecule has 0 fully saturated rings. The predicted molar refractivity (Wildman–Crippen MR) is 52.0 cm³/mol. The number of hydrogen-bond donors (Lipinski definition) is 2. The van der Waals surface area contributed by atoms with Crippen LogP contribution in [0.25, 0.3) is 11.0 Å². The van der Waals surface area contributed by atoms with Crippen LogP contribution in [0.15, 0.2) is 18.5 Å². The summed E-state index contributed by atoms with van der Waals surface area (Å²) in [6.07, 6.45) is 1.32. The van der Waals surface area contributed by atoms with Gasteiger partial charge in [-0.05, 0) is 0 Å². The van der Waals surface area contributed by atoms with Crippen LogP contribution in [0.5, 0.6) is 0 Å². The fourth-order valence-electron chi connectivity index (χ4n) is 1.38. The van der Waals surface area contributed by atoms with Crippen molar-refractivity contribution in [3.8, 4) is 0 Å². The van der Waals surface area contributed by atoms with Gasteiger partial charge >= 0.3 is 0 Å². The number of carbonyl (C=O) groups excluding carboxylic acids is 1. The molecule has 0 radical (unpaired) electrons. The molecule has 84 valence electrons. The van der Waals surface area contributed by atoms with Gasteiger partial charge in [-0.2, -0.15) is 0 Å². The van der Waals surface area contributed by atoms with Crippen molar-refractivity contribution in [3.63, 3.8) is 0 Å². The lowest BCUT2D eigenvalue weighted by molar-refractivity contribution is -0.121. The molecule has 0 bridgehead atoms. The molecule has 0 unspecified atom stereocenters. The van der Waals surface area contributed by atoms with Crippen LogP contribution < -0.4 is 11.3 Å². The SMILES string of the molecule is NNC(=O)Cn1cnc2cc(F)c(F)cc21. The molecule has 7 heteroatoms. The topological polar surface area (TPSA) is 72.9 Å². The molecule has 1 heterocycles. The van der Waals surface area contributed by atoms with Gasteiger partial charge in [0.2, 0.25) is 0 Å². The number of nitrogens with zero attached hydrogens (tertiary/aromatic N) is 2. The van der Waals surface area contributed by atoms with E-state index in [1.807, 2.05) is 5.43 Å². The summed E-state index contributed by atoms with van der Waals surface area (Å²) < 4.78 is 27.2. The first-order chi connectivity index (χ1) is 7.61. The Morgan fingerprint density at radius 3 is 2.81 bits per heavy atom. The third-order valence-electron chi connectivity index (χ3n) is 2.14. The zero-order valence-electron chi connectivity index (χ0n) is 8.08. The molecule has 2 rings (SSSR count). The number of hydrazine groups is 1. The first-order valence-electron chi connectivity index (χ1n) is 4.41. The van der Waals surface area contributed by atoms with Crippen LogP contribution in [0.1, 0.15) is 0 Å². The molecule has 1 aromatic heterocycles. The number of amides is 1. The minimum absolute atomic E-state index is 0.0991. The van der Waals surface area contributed by atoms with Gasteiger partial charge in [-0.25, -0.2) is 19.6 Å². The first kappa shape index (κ1) is 10.5. The molecule has 3 N–H and O–H groups in total. The Morgan fingerprint density at radius 2 is 2.12 bits per heavy atom. The Hall–Kier alpha value is -2.02. The van der Waals surface area contributed by atoms with Gasteiger partial charge in [-0.15, -0.1) is 0 Å². The van der Waals surface area contributed by atoms with Gasteiger partial charge in [0.1, 0.15) is 6.54 Å². The first-order valence-corrected chi connectivity index (χ1v) is 4.41. The molecular weight excluding hydrogens is 218 g/mol. The van der Waals surface area contributed by atoms with Gasteiger partial charge in [0.15, 0.2) is 11.6 Å². The molecule has 16 heavy (non-hydrogen) atoms. The Balaban J connectivity index is 2.48. The molecule has 1 amide bonds. The van der Waals surface area contributed by atoms with E-state index in [0.29, 0.717) is 5.52 Å². The number of rotatable bonds is 2. The van der Waals surface area contributed by atoms with Crippen molar-refractivity contribution in [2.45, 2.75) is 6.54 Å². The second-order valence-corrected chi connectivity index (χ2v) is 3.20. The van der Waals surface area contributed by atoms with E-state index in [1.54, 1.807) is 0 Å². The number of aromatic nitrogens is 2. The van der Waals surface area contributed by atoms with E-state index < -0.39 is 17.5 Å². The lowest BCUT2D eigenvalue weighted by atomic mass is 10.3. The third-order valence-corrected chi connectivity index (χ3v) is 2.14. The van der Waals surface area contributed by atoms with Crippen LogP contribution in [-0.4, -0.2) is 15.5 Å². The fourth-order valence-corrected chi connectivity index (χ4v) is 1.38. The number of hydrogen-bond acceptors (Lipinski definition) is 3. The van der Waals surface area contributed by atoms with Crippen LogP contribution in [-0.2, 0) is 11.3 Å². The third kappa shape index (κ3) is 1.72. The van der Waals surface area contributed by atoms with Gasteiger partial charge in [0.25, 0.3) is 5.91 Å².